The van der Waals surface area contributed by atoms with Crippen molar-refractivity contribution in [3.05, 3.63) is 71.8 Å². The van der Waals surface area contributed by atoms with Gasteiger partial charge in [-0.1, -0.05) is 113 Å². The van der Waals surface area contributed by atoms with Crippen LogP contribution in [-0.4, -0.2) is 0 Å². The van der Waals surface area contributed by atoms with Crippen LogP contribution in [0.25, 0.3) is 11.1 Å². The van der Waals surface area contributed by atoms with Crippen molar-refractivity contribution < 1.29 is 8.78 Å². The lowest BCUT2D eigenvalue weighted by atomic mass is 9.99. The lowest BCUT2D eigenvalue weighted by Crippen LogP contribution is -1.88. The molecule has 0 saturated carbocycles. The maximum absolute atomic E-state index is 12.2. The second-order valence-electron chi connectivity index (χ2n) is 8.02. The van der Waals surface area contributed by atoms with Crippen LogP contribution in [0, 0.1) is 0 Å². The summed E-state index contributed by atoms with van der Waals surface area (Å²) in [6.45, 7) is 2.27. The van der Waals surface area contributed by atoms with Crippen LogP contribution < -0.4 is 0 Å². The summed E-state index contributed by atoms with van der Waals surface area (Å²) in [6.07, 6.45) is 14.5. The van der Waals surface area contributed by atoms with E-state index in [1.807, 2.05) is 24.3 Å². The molecule has 0 amide bonds. The molecule has 0 aromatic heterocycles. The molecule has 29 heavy (non-hydrogen) atoms. The minimum Gasteiger partial charge on any atom is -0.174 e. The van der Waals surface area contributed by atoms with E-state index in [0.29, 0.717) is 0 Å². The molecule has 0 radical (unpaired) electrons. The van der Waals surface area contributed by atoms with Crippen molar-refractivity contribution in [3.63, 3.8) is 0 Å². The highest BCUT2D eigenvalue weighted by atomic mass is 19.3. The molecule has 2 heteroatoms. The maximum Gasteiger partial charge on any atom is 0.266 e. The number of aryl methyl sites for hydroxylation is 1. The van der Waals surface area contributed by atoms with Gasteiger partial charge in [0.2, 0.25) is 0 Å². The Morgan fingerprint density at radius 3 is 1.55 bits per heavy atom. The van der Waals surface area contributed by atoms with E-state index in [2.05, 4.69) is 31.2 Å². The van der Waals surface area contributed by atoms with Crippen molar-refractivity contribution in [1.29, 1.82) is 0 Å². The summed E-state index contributed by atoms with van der Waals surface area (Å²) in [5, 5.41) is 0. The zero-order valence-electron chi connectivity index (χ0n) is 17.9. The summed E-state index contributed by atoms with van der Waals surface area (Å²) in [5.41, 5.74) is 4.60. The minimum absolute atomic E-state index is 0.278. The van der Waals surface area contributed by atoms with E-state index in [0.717, 1.165) is 23.6 Å². The average Bonchev–Trinajstić information content (AvgIpc) is 2.74. The third kappa shape index (κ3) is 9.87. The SMILES string of the molecule is CCCCCCCCCCCCc1ccc(-c2ccc(CC=C(F)F)cc2)cc1. The van der Waals surface area contributed by atoms with Gasteiger partial charge in [0.1, 0.15) is 0 Å². The zero-order chi connectivity index (χ0) is 20.7. The summed E-state index contributed by atoms with van der Waals surface area (Å²) >= 11 is 0. The minimum atomic E-state index is -1.62. The van der Waals surface area contributed by atoms with Crippen molar-refractivity contribution in [2.24, 2.45) is 0 Å². The fraction of sp³-hybridized carbons (Fsp3) is 0.481. The topological polar surface area (TPSA) is 0 Å². The Balaban J connectivity index is 1.65. The van der Waals surface area contributed by atoms with Crippen LogP contribution in [-0.2, 0) is 12.8 Å². The van der Waals surface area contributed by atoms with E-state index in [1.165, 1.54) is 75.3 Å². The predicted octanol–water partition coefficient (Wildman–Crippen LogP) is 9.14. The lowest BCUT2D eigenvalue weighted by Gasteiger charge is -2.06. The maximum atomic E-state index is 12.2. The number of unbranched alkanes of at least 4 members (excludes halogenated alkanes) is 9. The van der Waals surface area contributed by atoms with Gasteiger partial charge in [0.15, 0.2) is 0 Å². The largest absolute Gasteiger partial charge is 0.266 e. The van der Waals surface area contributed by atoms with E-state index >= 15 is 0 Å². The third-order valence-corrected chi connectivity index (χ3v) is 5.55. The highest BCUT2D eigenvalue weighted by molar-refractivity contribution is 5.64. The second-order valence-corrected chi connectivity index (χ2v) is 8.02. The fourth-order valence-electron chi connectivity index (χ4n) is 3.71. The Kier molecular flexibility index (Phi) is 11.3. The van der Waals surface area contributed by atoms with Gasteiger partial charge in [-0.05, 0) is 47.6 Å². The first-order chi connectivity index (χ1) is 14.2. The molecular weight excluding hydrogens is 362 g/mol. The average molecular weight is 399 g/mol. The Morgan fingerprint density at radius 2 is 1.07 bits per heavy atom. The Labute approximate surface area is 176 Å². The molecule has 0 unspecified atom stereocenters. The first-order valence-corrected chi connectivity index (χ1v) is 11.4. The van der Waals surface area contributed by atoms with Gasteiger partial charge in [0.05, 0.1) is 0 Å². The monoisotopic (exact) mass is 398 g/mol. The molecular formula is C27H36F2. The molecule has 0 N–H and O–H groups in total. The number of benzene rings is 2. The first-order valence-electron chi connectivity index (χ1n) is 11.4. The Bertz CT molecular complexity index is 694. The molecule has 158 valence electrons. The molecule has 0 spiro atoms. The lowest BCUT2D eigenvalue weighted by molar-refractivity contribution is 0.418. The van der Waals surface area contributed by atoms with Crippen molar-refractivity contribution in [2.45, 2.75) is 84.0 Å². The van der Waals surface area contributed by atoms with Crippen molar-refractivity contribution in [3.8, 4) is 11.1 Å². The normalized spacial score (nSPS) is 10.9. The van der Waals surface area contributed by atoms with Crippen LogP contribution in [0.3, 0.4) is 0 Å². The van der Waals surface area contributed by atoms with Crippen LogP contribution in [0.5, 0.6) is 0 Å². The molecule has 0 saturated heterocycles. The number of hydrogen-bond donors (Lipinski definition) is 0. The number of hydrogen-bond acceptors (Lipinski definition) is 0. The van der Waals surface area contributed by atoms with E-state index in [4.69, 9.17) is 0 Å². The molecule has 0 atom stereocenters. The molecule has 0 nitrogen and oxygen atoms in total. The van der Waals surface area contributed by atoms with E-state index in [9.17, 15) is 8.78 Å². The van der Waals surface area contributed by atoms with Gasteiger partial charge in [-0.25, -0.2) is 0 Å². The first kappa shape index (κ1) is 23.3. The van der Waals surface area contributed by atoms with Gasteiger partial charge in [0.25, 0.3) is 6.08 Å². The molecule has 0 aliphatic heterocycles. The Morgan fingerprint density at radius 1 is 0.621 bits per heavy atom. The van der Waals surface area contributed by atoms with Gasteiger partial charge >= 0.3 is 0 Å². The van der Waals surface area contributed by atoms with Gasteiger partial charge in [0, 0.05) is 0 Å². The quantitative estimate of drug-likeness (QED) is 0.278. The predicted molar refractivity (Wildman–Crippen MR) is 121 cm³/mol. The van der Waals surface area contributed by atoms with Gasteiger partial charge < -0.3 is 0 Å². The highest BCUT2D eigenvalue weighted by Crippen LogP contribution is 2.22. The van der Waals surface area contributed by atoms with E-state index in [-0.39, 0.29) is 6.42 Å². The molecule has 0 fully saturated rings. The molecule has 0 bridgehead atoms. The number of halogens is 2. The van der Waals surface area contributed by atoms with Crippen molar-refractivity contribution in [2.75, 3.05) is 0 Å². The molecule has 0 aliphatic rings. The summed E-state index contributed by atoms with van der Waals surface area (Å²) in [4.78, 5) is 0. The standard InChI is InChI=1S/C27H36F2/c1-2-3-4-5-6-7-8-9-10-11-12-23-13-18-25(19-14-23)26-20-15-24(16-21-26)17-22-27(28)29/h13-16,18-22H,2-12,17H2,1H3. The smallest absolute Gasteiger partial charge is 0.174 e. The molecule has 0 heterocycles. The van der Waals surface area contributed by atoms with Crippen LogP contribution in [0.2, 0.25) is 0 Å². The molecule has 2 aromatic carbocycles. The van der Waals surface area contributed by atoms with Crippen molar-refractivity contribution in [1.82, 2.24) is 0 Å². The van der Waals surface area contributed by atoms with Crippen LogP contribution >= 0.6 is 0 Å². The summed E-state index contributed by atoms with van der Waals surface area (Å²) in [7, 11) is 0. The van der Waals surface area contributed by atoms with Gasteiger partial charge in [-0.3, -0.25) is 0 Å². The molecule has 2 rings (SSSR count). The Hall–Kier alpha value is -1.96. The molecule has 2 aromatic rings. The molecule has 0 aliphatic carbocycles. The third-order valence-electron chi connectivity index (χ3n) is 5.55. The number of rotatable bonds is 14. The van der Waals surface area contributed by atoms with Gasteiger partial charge in [-0.2, -0.15) is 8.78 Å². The van der Waals surface area contributed by atoms with E-state index < -0.39 is 6.08 Å². The van der Waals surface area contributed by atoms with Crippen molar-refractivity contribution >= 4 is 0 Å². The summed E-state index contributed by atoms with van der Waals surface area (Å²) < 4.78 is 24.4. The fourth-order valence-corrected chi connectivity index (χ4v) is 3.71. The van der Waals surface area contributed by atoms with Crippen LogP contribution in [0.4, 0.5) is 8.78 Å². The number of allylic oxidation sites excluding steroid dienone is 1. The summed E-state index contributed by atoms with van der Waals surface area (Å²) in [6, 6.07) is 16.6. The highest BCUT2D eigenvalue weighted by Gasteiger charge is 2.00. The zero-order valence-corrected chi connectivity index (χ0v) is 17.9. The van der Waals surface area contributed by atoms with Gasteiger partial charge in [-0.15, -0.1) is 0 Å². The summed E-state index contributed by atoms with van der Waals surface area (Å²) in [5.74, 6) is 0. The second kappa shape index (κ2) is 14.1. The van der Waals surface area contributed by atoms with E-state index in [1.54, 1.807) is 0 Å². The van der Waals surface area contributed by atoms with Crippen LogP contribution in [0.1, 0.15) is 82.3 Å². The van der Waals surface area contributed by atoms with Crippen LogP contribution in [0.15, 0.2) is 60.7 Å².